The molecule has 1 aromatic heterocycles. The largest absolute Gasteiger partial charge is 0.497 e. The van der Waals surface area contributed by atoms with Crippen LogP contribution in [0.25, 0.3) is 11.0 Å². The molecular weight excluding hydrogens is 412 g/mol. The Balaban J connectivity index is 1.63. The molecular formula is C25H20O7. The lowest BCUT2D eigenvalue weighted by atomic mass is 10.2. The number of benzene rings is 3. The molecule has 0 aliphatic heterocycles. The Hall–Kier alpha value is -4.26. The van der Waals surface area contributed by atoms with Crippen LogP contribution < -0.4 is 24.4 Å². The van der Waals surface area contributed by atoms with Gasteiger partial charge in [-0.2, -0.15) is 0 Å². The number of rotatable bonds is 6. The smallest absolute Gasteiger partial charge is 0.347 e. The van der Waals surface area contributed by atoms with Crippen LogP contribution in [0.2, 0.25) is 0 Å². The van der Waals surface area contributed by atoms with Gasteiger partial charge in [0.05, 0.1) is 19.6 Å². The van der Waals surface area contributed by atoms with Gasteiger partial charge in [-0.3, -0.25) is 4.79 Å². The summed E-state index contributed by atoms with van der Waals surface area (Å²) >= 11 is 0. The van der Waals surface area contributed by atoms with Gasteiger partial charge in [-0.15, -0.1) is 0 Å². The molecule has 7 heteroatoms. The first kappa shape index (κ1) is 21.0. The second kappa shape index (κ2) is 8.85. The predicted octanol–water partition coefficient (Wildman–Crippen LogP) is 5.13. The van der Waals surface area contributed by atoms with E-state index in [1.165, 1.54) is 25.3 Å². The van der Waals surface area contributed by atoms with E-state index in [-0.39, 0.29) is 28.1 Å². The van der Waals surface area contributed by atoms with Crippen LogP contribution >= 0.6 is 0 Å². The van der Waals surface area contributed by atoms with Crippen LogP contribution in [0.5, 0.6) is 28.7 Å². The fourth-order valence-corrected chi connectivity index (χ4v) is 3.19. The zero-order chi connectivity index (χ0) is 22.7. The molecule has 0 saturated heterocycles. The number of aryl methyl sites for hydroxylation is 1. The van der Waals surface area contributed by atoms with Crippen LogP contribution in [0.15, 0.2) is 75.9 Å². The third kappa shape index (κ3) is 4.13. The minimum Gasteiger partial charge on any atom is -0.497 e. The normalized spacial score (nSPS) is 10.6. The van der Waals surface area contributed by atoms with Crippen molar-refractivity contribution in [2.45, 2.75) is 6.92 Å². The number of fused-ring (bicyclic) bond motifs is 1. The summed E-state index contributed by atoms with van der Waals surface area (Å²) in [7, 11) is 3.05. The van der Waals surface area contributed by atoms with Crippen molar-refractivity contribution in [1.29, 1.82) is 0 Å². The molecule has 7 nitrogen and oxygen atoms in total. The van der Waals surface area contributed by atoms with E-state index in [4.69, 9.17) is 23.4 Å². The average Bonchev–Trinajstić information content (AvgIpc) is 2.82. The van der Waals surface area contributed by atoms with Crippen LogP contribution in [0.4, 0.5) is 0 Å². The van der Waals surface area contributed by atoms with Crippen LogP contribution in [0.1, 0.15) is 16.1 Å². The van der Waals surface area contributed by atoms with Crippen molar-refractivity contribution >= 4 is 16.9 Å². The molecule has 0 spiro atoms. The second-order valence-electron chi connectivity index (χ2n) is 6.84. The number of carbonyl (C=O) groups is 1. The van der Waals surface area contributed by atoms with E-state index in [2.05, 4.69) is 0 Å². The van der Waals surface area contributed by atoms with Gasteiger partial charge in [0.1, 0.15) is 39.9 Å². The van der Waals surface area contributed by atoms with E-state index in [0.717, 1.165) is 0 Å². The molecule has 0 aliphatic carbocycles. The topological polar surface area (TPSA) is 84.2 Å². The van der Waals surface area contributed by atoms with Crippen molar-refractivity contribution in [2.24, 2.45) is 0 Å². The van der Waals surface area contributed by atoms with E-state index in [1.54, 1.807) is 62.6 Å². The summed E-state index contributed by atoms with van der Waals surface area (Å²) in [6.45, 7) is 1.63. The molecule has 162 valence electrons. The number of hydrogen-bond acceptors (Lipinski definition) is 7. The highest BCUT2D eigenvalue weighted by Crippen LogP contribution is 2.29. The quantitative estimate of drug-likeness (QED) is 0.308. The number of hydrogen-bond donors (Lipinski definition) is 0. The van der Waals surface area contributed by atoms with Crippen LogP contribution in [-0.4, -0.2) is 20.2 Å². The maximum atomic E-state index is 13.0. The SMILES string of the molecule is COc1ccc(Oc2c(C)oc3cc(OC(=O)c4ccccc4OC)ccc3c2=O)cc1. The minimum absolute atomic E-state index is 0.0847. The molecule has 4 aromatic rings. The highest BCUT2D eigenvalue weighted by molar-refractivity contribution is 5.94. The monoisotopic (exact) mass is 432 g/mol. The Morgan fingerprint density at radius 3 is 2.25 bits per heavy atom. The van der Waals surface area contributed by atoms with Gasteiger partial charge in [0, 0.05) is 6.07 Å². The lowest BCUT2D eigenvalue weighted by Gasteiger charge is -2.11. The molecule has 0 saturated carbocycles. The summed E-state index contributed by atoms with van der Waals surface area (Å²) in [5, 5.41) is 0.302. The van der Waals surface area contributed by atoms with Crippen LogP contribution in [0, 0.1) is 6.92 Å². The zero-order valence-electron chi connectivity index (χ0n) is 17.7. The number of methoxy groups -OCH3 is 2. The molecule has 3 aromatic carbocycles. The minimum atomic E-state index is -0.583. The molecule has 32 heavy (non-hydrogen) atoms. The maximum absolute atomic E-state index is 13.0. The van der Waals surface area contributed by atoms with E-state index in [9.17, 15) is 9.59 Å². The molecule has 0 unspecified atom stereocenters. The summed E-state index contributed by atoms with van der Waals surface area (Å²) in [6, 6.07) is 18.2. The lowest BCUT2D eigenvalue weighted by molar-refractivity contribution is 0.0731. The van der Waals surface area contributed by atoms with E-state index in [0.29, 0.717) is 28.4 Å². The summed E-state index contributed by atoms with van der Waals surface area (Å²) in [4.78, 5) is 25.5. The molecule has 0 fully saturated rings. The van der Waals surface area contributed by atoms with Crippen molar-refractivity contribution in [3.05, 3.63) is 88.3 Å². The third-order valence-electron chi connectivity index (χ3n) is 4.80. The first-order valence-electron chi connectivity index (χ1n) is 9.74. The number of carbonyl (C=O) groups excluding carboxylic acids is 1. The van der Waals surface area contributed by atoms with Gasteiger partial charge < -0.3 is 23.4 Å². The molecule has 4 rings (SSSR count). The highest BCUT2D eigenvalue weighted by atomic mass is 16.5. The third-order valence-corrected chi connectivity index (χ3v) is 4.80. The van der Waals surface area contributed by atoms with Gasteiger partial charge in [-0.1, -0.05) is 12.1 Å². The van der Waals surface area contributed by atoms with Crippen LogP contribution in [0.3, 0.4) is 0 Å². The predicted molar refractivity (Wildman–Crippen MR) is 118 cm³/mol. The summed E-state index contributed by atoms with van der Waals surface area (Å²) < 4.78 is 27.3. The van der Waals surface area contributed by atoms with Gasteiger partial charge in [-0.05, 0) is 55.5 Å². The molecule has 0 aliphatic rings. The molecule has 1 heterocycles. The zero-order valence-corrected chi connectivity index (χ0v) is 17.7. The van der Waals surface area contributed by atoms with Gasteiger partial charge in [0.2, 0.25) is 11.2 Å². The molecule has 0 bridgehead atoms. The van der Waals surface area contributed by atoms with E-state index < -0.39 is 5.97 Å². The fraction of sp³-hybridized carbons (Fsp3) is 0.120. The highest BCUT2D eigenvalue weighted by Gasteiger charge is 2.17. The molecule has 0 N–H and O–H groups in total. The summed E-state index contributed by atoms with van der Waals surface area (Å²) in [5.74, 6) is 1.59. The lowest BCUT2D eigenvalue weighted by Crippen LogP contribution is -2.11. The Bertz CT molecular complexity index is 1340. The van der Waals surface area contributed by atoms with Gasteiger partial charge in [0.15, 0.2) is 0 Å². The van der Waals surface area contributed by atoms with E-state index >= 15 is 0 Å². The van der Waals surface area contributed by atoms with Crippen molar-refractivity contribution in [2.75, 3.05) is 14.2 Å². The Kier molecular flexibility index (Phi) is 5.81. The Morgan fingerprint density at radius 2 is 1.53 bits per heavy atom. The standard InChI is InChI=1S/C25H20O7/c1-15-24(31-17-10-8-16(28-2)9-11-17)23(26)19-13-12-18(14-22(19)30-15)32-25(27)20-6-4-5-7-21(20)29-3/h4-14H,1-3H3. The first-order chi connectivity index (χ1) is 15.5. The van der Waals surface area contributed by atoms with Crippen molar-refractivity contribution in [3.63, 3.8) is 0 Å². The van der Waals surface area contributed by atoms with Gasteiger partial charge in [0.25, 0.3) is 0 Å². The van der Waals surface area contributed by atoms with Crippen LogP contribution in [-0.2, 0) is 0 Å². The summed E-state index contributed by atoms with van der Waals surface area (Å²) in [6.07, 6.45) is 0. The van der Waals surface area contributed by atoms with Crippen molar-refractivity contribution in [3.8, 4) is 28.7 Å². The Labute approximate surface area is 183 Å². The number of para-hydroxylation sites is 1. The van der Waals surface area contributed by atoms with Crippen molar-refractivity contribution < 1.29 is 28.2 Å². The molecule has 0 radical (unpaired) electrons. The van der Waals surface area contributed by atoms with E-state index in [1.807, 2.05) is 0 Å². The fourth-order valence-electron chi connectivity index (χ4n) is 3.19. The number of esters is 1. The number of ether oxygens (including phenoxy) is 4. The van der Waals surface area contributed by atoms with Gasteiger partial charge >= 0.3 is 5.97 Å². The second-order valence-corrected chi connectivity index (χ2v) is 6.84. The molecule has 0 atom stereocenters. The Morgan fingerprint density at radius 1 is 0.844 bits per heavy atom. The average molecular weight is 432 g/mol. The van der Waals surface area contributed by atoms with Crippen molar-refractivity contribution in [1.82, 2.24) is 0 Å². The maximum Gasteiger partial charge on any atom is 0.347 e. The first-order valence-corrected chi connectivity index (χ1v) is 9.74. The molecule has 0 amide bonds. The van der Waals surface area contributed by atoms with Gasteiger partial charge in [-0.25, -0.2) is 4.79 Å². The summed E-state index contributed by atoms with van der Waals surface area (Å²) in [5.41, 5.74) is 0.234.